The van der Waals surface area contributed by atoms with Gasteiger partial charge in [0.05, 0.1) is 13.2 Å². The molecule has 0 rings (SSSR count). The van der Waals surface area contributed by atoms with Crippen molar-refractivity contribution in [2.24, 2.45) is 0 Å². The van der Waals surface area contributed by atoms with Gasteiger partial charge in [0.1, 0.15) is 0 Å². The molecule has 13 nitrogen and oxygen atoms in total. The fourth-order valence-electron chi connectivity index (χ4n) is 8.48. The summed E-state index contributed by atoms with van der Waals surface area (Å²) in [5, 5.41) is 0. The quantitative estimate of drug-likeness (QED) is 0.0196. The van der Waals surface area contributed by atoms with Crippen LogP contribution in [0.4, 0.5) is 0 Å². The summed E-state index contributed by atoms with van der Waals surface area (Å²) in [7, 11) is -25.6. The lowest BCUT2D eigenvalue weighted by molar-refractivity contribution is -0.139. The number of hydrogen-bond acceptors (Lipinski definition) is 13. The highest BCUT2D eigenvalue weighted by molar-refractivity contribution is 6.92. The molecule has 0 saturated heterocycles. The van der Waals surface area contributed by atoms with Crippen LogP contribution in [0.3, 0.4) is 0 Å². The van der Waals surface area contributed by atoms with E-state index in [0.717, 1.165) is 63.5 Å². The smallest absolute Gasteiger partial charge is 0.462 e. The lowest BCUT2D eigenvalue weighted by Crippen LogP contribution is -2.64. The number of esters is 2. The summed E-state index contributed by atoms with van der Waals surface area (Å²) in [5.41, 5.74) is 0.695. The van der Waals surface area contributed by atoms with Gasteiger partial charge in [-0.05, 0) is 122 Å². The van der Waals surface area contributed by atoms with Crippen LogP contribution >= 0.6 is 0 Å². The van der Waals surface area contributed by atoms with Gasteiger partial charge in [0.25, 0.3) is 0 Å². The maximum atomic E-state index is 12.5. The predicted molar refractivity (Wildman–Crippen MR) is 298 cm³/mol. The van der Waals surface area contributed by atoms with Crippen LogP contribution in [0.1, 0.15) is 124 Å². The molecule has 6 atom stereocenters. The topological polar surface area (TPSA) is 158 Å². The van der Waals surface area contributed by atoms with Crippen LogP contribution in [-0.2, 0) is 47.9 Å². The van der Waals surface area contributed by atoms with E-state index in [9.17, 15) is 19.2 Å². The third-order valence-electron chi connectivity index (χ3n) is 11.3. The van der Waals surface area contributed by atoms with E-state index in [2.05, 4.69) is 72.9 Å². The van der Waals surface area contributed by atoms with Crippen molar-refractivity contribution in [3.05, 3.63) is 49.6 Å². The zero-order chi connectivity index (χ0) is 52.4. The van der Waals surface area contributed by atoms with Crippen LogP contribution < -0.4 is 0 Å². The molecule has 0 aromatic rings. The fourth-order valence-corrected chi connectivity index (χ4v) is 46.3. The molecule has 21 heteroatoms. The van der Waals surface area contributed by atoms with Gasteiger partial charge in [-0.2, -0.15) is 0 Å². The molecule has 2 N–H and O–H groups in total. The fraction of sp³-hybridized carbons (Fsp3) is 0.787. The molecule has 398 valence electrons. The number of carbonyl (C=O) groups excluding carboxylic acids is 2. The minimum absolute atomic E-state index is 0.189. The first-order valence-electron chi connectivity index (χ1n) is 25.6. The average molecular weight is 1100 g/mol. The van der Waals surface area contributed by atoms with E-state index in [1.807, 2.05) is 31.8 Å². The third-order valence-corrected chi connectivity index (χ3v) is 43.2. The Labute approximate surface area is 424 Å². The molecule has 0 bridgehead atoms. The Bertz CT molecular complexity index is 1540. The maximum absolute atomic E-state index is 12.5. The van der Waals surface area contributed by atoms with E-state index in [4.69, 9.17) is 38.3 Å². The Hall–Kier alpha value is -0.725. The summed E-state index contributed by atoms with van der Waals surface area (Å²) in [5.74, 6) is -0.850. The summed E-state index contributed by atoms with van der Waals surface area (Å²) in [6.45, 7) is 43.5. The molecular formula is C47H100O13Si8. The second-order valence-corrected chi connectivity index (χ2v) is 49.2. The van der Waals surface area contributed by atoms with Crippen LogP contribution in [0, 0.1) is 0 Å². The number of hydrogen-bond donors (Lipinski definition) is 2. The van der Waals surface area contributed by atoms with Crippen LogP contribution in [0.15, 0.2) is 49.6 Å². The van der Waals surface area contributed by atoms with Gasteiger partial charge in [-0.3, -0.25) is 0 Å². The molecule has 6 unspecified atom stereocenters. The zero-order valence-electron chi connectivity index (χ0n) is 45.6. The summed E-state index contributed by atoms with van der Waals surface area (Å²) >= 11 is 0. The lowest BCUT2D eigenvalue weighted by Gasteiger charge is -2.46. The molecule has 0 spiro atoms. The molecule has 0 aromatic heterocycles. The number of unbranched alkanes of at least 4 members (excludes halogenated alkanes) is 11. The molecule has 68 heavy (non-hydrogen) atoms. The summed E-state index contributed by atoms with van der Waals surface area (Å²) in [6, 6.07) is 3.74. The summed E-state index contributed by atoms with van der Waals surface area (Å²) < 4.78 is 59.7. The maximum Gasteiger partial charge on any atom is 0.477 e. The van der Waals surface area contributed by atoms with E-state index in [1.54, 1.807) is 26.9 Å². The van der Waals surface area contributed by atoms with Gasteiger partial charge >= 0.3 is 63.8 Å². The highest BCUT2D eigenvalue weighted by Gasteiger charge is 2.55. The normalized spacial score (nSPS) is 17.6. The molecule has 0 aliphatic rings. The first-order chi connectivity index (χ1) is 31.3. The van der Waals surface area contributed by atoms with Gasteiger partial charge in [-0.25, -0.2) is 9.59 Å². The highest BCUT2D eigenvalue weighted by Crippen LogP contribution is 2.36. The number of rotatable bonds is 43. The molecule has 0 aliphatic heterocycles. The van der Waals surface area contributed by atoms with Gasteiger partial charge in [-0.15, -0.1) is 13.2 Å². The Morgan fingerprint density at radius 3 is 1.16 bits per heavy atom. The van der Waals surface area contributed by atoms with Crippen molar-refractivity contribution in [2.75, 3.05) is 13.2 Å². The standard InChI is InChI=1S/C47H100O13Si8/c1-19-23-25-27-29-33-41-65(15,57-63(13,39-22-4)56-64(14,54-61(9,10)38-21-3)42-34-30-36-52-46(48)44(5)6)58-68(18,51)60-66(16,43-35-31-37-53-47(49)45(7)8)59-67(17,50)55-62(11,12)40-32-28-26-24-20-2/h21-22,50-51H,3-5,7,19-20,23-43H2,1-2,6,8-18H3. The first-order valence-corrected chi connectivity index (χ1v) is 46.4. The molecule has 0 radical (unpaired) electrons. The van der Waals surface area contributed by atoms with Gasteiger partial charge in [-0.1, -0.05) is 110 Å². The number of allylic oxidation sites excluding steroid dienone is 2. The molecule has 0 aliphatic carbocycles. The Morgan fingerprint density at radius 1 is 0.426 bits per heavy atom. The second kappa shape index (κ2) is 32.5. The zero-order valence-corrected chi connectivity index (χ0v) is 53.6. The highest BCUT2D eigenvalue weighted by atomic mass is 28.5. The number of carbonyl (C=O) groups is 2. The predicted octanol–water partition coefficient (Wildman–Crippen LogP) is 13.4. The van der Waals surface area contributed by atoms with Crippen LogP contribution in [0.2, 0.25) is 102 Å². The van der Waals surface area contributed by atoms with E-state index < -0.39 is 80.4 Å². The van der Waals surface area contributed by atoms with Gasteiger partial charge in [0, 0.05) is 30.3 Å². The monoisotopic (exact) mass is 1100 g/mol. The van der Waals surface area contributed by atoms with Crippen molar-refractivity contribution in [1.82, 2.24) is 0 Å². The first kappa shape index (κ1) is 67.3. The molecule has 0 fully saturated rings. The molecule has 0 saturated carbocycles. The third kappa shape index (κ3) is 31.7. The van der Waals surface area contributed by atoms with Crippen molar-refractivity contribution in [1.29, 1.82) is 0 Å². The van der Waals surface area contributed by atoms with Crippen LogP contribution in [-0.4, -0.2) is 103 Å². The second-order valence-electron chi connectivity index (χ2n) is 21.0. The lowest BCUT2D eigenvalue weighted by atomic mass is 10.1. The van der Waals surface area contributed by atoms with Crippen LogP contribution in [0.5, 0.6) is 0 Å². The summed E-state index contributed by atoms with van der Waals surface area (Å²) in [4.78, 5) is 48.8. The van der Waals surface area contributed by atoms with E-state index >= 15 is 0 Å². The molecule has 0 aromatic carbocycles. The van der Waals surface area contributed by atoms with E-state index in [0.29, 0.717) is 54.6 Å². The van der Waals surface area contributed by atoms with Crippen molar-refractivity contribution in [3.8, 4) is 0 Å². The minimum Gasteiger partial charge on any atom is -0.462 e. The van der Waals surface area contributed by atoms with Gasteiger partial charge in [0.15, 0.2) is 16.6 Å². The Morgan fingerprint density at radius 2 is 0.765 bits per heavy atom. The Kier molecular flexibility index (Phi) is 32.1. The average Bonchev–Trinajstić information content (AvgIpc) is 3.16. The van der Waals surface area contributed by atoms with Crippen molar-refractivity contribution >= 4 is 80.4 Å². The van der Waals surface area contributed by atoms with Crippen molar-refractivity contribution < 1.29 is 57.5 Å². The molecule has 0 amide bonds. The largest absolute Gasteiger partial charge is 0.477 e. The van der Waals surface area contributed by atoms with Gasteiger partial charge in [0.2, 0.25) is 0 Å². The van der Waals surface area contributed by atoms with Crippen LogP contribution in [0.25, 0.3) is 0 Å². The summed E-state index contributed by atoms with van der Waals surface area (Å²) in [6.07, 6.45) is 18.3. The van der Waals surface area contributed by atoms with E-state index in [-0.39, 0.29) is 13.2 Å². The van der Waals surface area contributed by atoms with Crippen molar-refractivity contribution in [2.45, 2.75) is 226 Å². The SMILES string of the molecule is C=CC[Si](C)(C)O[Si](C)(CCCCOC(=O)C(=C)C)O[Si](C)(CC=C)O[Si](C)(CCCCCCCC)O[Si](C)(O)O[Si](C)(CCCCOC(=O)C(=C)C)O[Si](C)(O)O[Si](C)(C)CCCCCCC. The van der Waals surface area contributed by atoms with Crippen molar-refractivity contribution in [3.63, 3.8) is 0 Å². The minimum atomic E-state index is -4.11. The van der Waals surface area contributed by atoms with Gasteiger partial charge < -0.3 is 47.9 Å². The molecule has 0 heterocycles. The number of ether oxygens (including phenoxy) is 2. The molecular weight excluding hydrogens is 997 g/mol. The van der Waals surface area contributed by atoms with E-state index in [1.165, 1.54) is 25.7 Å². The Balaban J connectivity index is 6.99.